The summed E-state index contributed by atoms with van der Waals surface area (Å²) in [5, 5.41) is 8.15. The van der Waals surface area contributed by atoms with Gasteiger partial charge in [0.1, 0.15) is 20.8 Å². The Hall–Kier alpha value is -3.06. The highest BCUT2D eigenvalue weighted by Gasteiger charge is 2.26. The molecule has 0 amide bonds. The van der Waals surface area contributed by atoms with Crippen LogP contribution in [0.15, 0.2) is 34.6 Å². The summed E-state index contributed by atoms with van der Waals surface area (Å²) >= 11 is 0. The van der Waals surface area contributed by atoms with E-state index in [9.17, 15) is 26.7 Å². The summed E-state index contributed by atoms with van der Waals surface area (Å²) in [7, 11) is 1.16. The van der Waals surface area contributed by atoms with Crippen molar-refractivity contribution in [2.45, 2.75) is 91.1 Å². The molecule has 0 bridgehead atoms. The van der Waals surface area contributed by atoms with Gasteiger partial charge in [-0.2, -0.15) is 0 Å². The third-order valence-corrected chi connectivity index (χ3v) is 7.47. The number of oxime groups is 2. The Labute approximate surface area is 258 Å². The molecule has 0 saturated carbocycles. The molecule has 0 aliphatic heterocycles. The first-order valence-electron chi connectivity index (χ1n) is 14.6. The van der Waals surface area contributed by atoms with Crippen LogP contribution in [0.1, 0.15) is 64.4 Å². The molecule has 0 N–H and O–H groups in total. The number of halogens is 5. The van der Waals surface area contributed by atoms with Crippen LogP contribution < -0.4 is 0 Å². The zero-order valence-corrected chi connectivity index (χ0v) is 27.6. The third kappa shape index (κ3) is 13.7. The molecule has 44 heavy (non-hydrogen) atoms. The van der Waals surface area contributed by atoms with Crippen molar-refractivity contribution in [1.29, 1.82) is 0 Å². The van der Waals surface area contributed by atoms with E-state index in [0.717, 1.165) is 25.0 Å². The van der Waals surface area contributed by atoms with E-state index in [1.165, 1.54) is 14.2 Å². The Morgan fingerprint density at radius 2 is 1.55 bits per heavy atom. The Balaban J connectivity index is 2.86. The van der Waals surface area contributed by atoms with E-state index in [-0.39, 0.29) is 24.4 Å². The van der Waals surface area contributed by atoms with E-state index in [0.29, 0.717) is 19.3 Å². The van der Waals surface area contributed by atoms with Gasteiger partial charge in [-0.05, 0) is 52.2 Å². The molecule has 248 valence electrons. The smallest absolute Gasteiger partial charge is 0.306 e. The van der Waals surface area contributed by atoms with Crippen molar-refractivity contribution in [1.82, 2.24) is 0 Å². The van der Waals surface area contributed by atoms with Crippen LogP contribution in [0.5, 0.6) is 0 Å². The van der Waals surface area contributed by atoms with Gasteiger partial charge in [0.05, 0.1) is 23.6 Å². The second-order valence-corrected chi connectivity index (χ2v) is 15.6. The summed E-state index contributed by atoms with van der Waals surface area (Å²) < 4.78 is 78.6. The average molecular weight is 649 g/mol. The second-order valence-electron chi connectivity index (χ2n) is 11.1. The van der Waals surface area contributed by atoms with Gasteiger partial charge in [0, 0.05) is 18.3 Å². The molecular weight excluding hydrogens is 603 g/mol. The second kappa shape index (κ2) is 20.1. The number of hydrogen-bond donors (Lipinski definition) is 0. The van der Waals surface area contributed by atoms with Gasteiger partial charge in [0.2, 0.25) is 5.82 Å². The molecule has 0 saturated heterocycles. The molecule has 7 nitrogen and oxygen atoms in total. The summed E-state index contributed by atoms with van der Waals surface area (Å²) in [6.45, 7) is 9.39. The molecule has 3 atom stereocenters. The van der Waals surface area contributed by atoms with Crippen LogP contribution in [0.4, 0.5) is 22.0 Å². The summed E-state index contributed by atoms with van der Waals surface area (Å²) in [5.74, 6) is -11.7. The monoisotopic (exact) mass is 648 g/mol. The molecule has 0 aliphatic carbocycles. The lowest BCUT2D eigenvalue weighted by Crippen LogP contribution is -2.31. The zero-order chi connectivity index (χ0) is 33.3. The SMILES string of the molecule is CCCCC(/C=C/[C@@H](/C=N/OC)[C@@H](C/C=C\CCCC(=O)OCc1c(F)c(F)c(F)c(F)c1F)/C(C)=N\OC)O[Si](C)(C)C. The van der Waals surface area contributed by atoms with Crippen LogP contribution in [0, 0.1) is 40.9 Å². The average Bonchev–Trinajstić information content (AvgIpc) is 2.97. The Morgan fingerprint density at radius 1 is 0.909 bits per heavy atom. The van der Waals surface area contributed by atoms with Gasteiger partial charge in [-0.25, -0.2) is 22.0 Å². The lowest BCUT2D eigenvalue weighted by Gasteiger charge is -2.25. The standard InChI is InChI=1S/C31H45F5N2O5Si/c1-8-9-14-23(43-44(5,6)7)18-17-22(19-37-40-3)24(21(2)38-41-4)15-12-10-11-13-16-26(39)42-20-25-27(32)29(34)31(36)30(35)28(25)33/h10,12,17-19,22-24H,8-9,11,13-16,20H2,1-7H3/b12-10-,18-17+,37-19+,38-21-/t22-,23?,24-/m0/s1. The third-order valence-electron chi connectivity index (χ3n) is 6.46. The Bertz CT molecular complexity index is 1140. The lowest BCUT2D eigenvalue weighted by atomic mass is 9.85. The molecule has 0 spiro atoms. The van der Waals surface area contributed by atoms with Crippen molar-refractivity contribution in [3.8, 4) is 0 Å². The number of benzene rings is 1. The fourth-order valence-electron chi connectivity index (χ4n) is 4.27. The number of unbranched alkanes of at least 4 members (excludes halogenated alkanes) is 2. The number of rotatable bonds is 20. The van der Waals surface area contributed by atoms with E-state index in [2.05, 4.69) is 49.0 Å². The van der Waals surface area contributed by atoms with Gasteiger partial charge in [0.15, 0.2) is 31.6 Å². The predicted octanol–water partition coefficient (Wildman–Crippen LogP) is 8.40. The number of carbonyl (C=O) groups excluding carboxylic acids is 1. The molecule has 0 fully saturated rings. The van der Waals surface area contributed by atoms with Gasteiger partial charge < -0.3 is 18.8 Å². The van der Waals surface area contributed by atoms with Crippen molar-refractivity contribution in [3.05, 3.63) is 59.0 Å². The van der Waals surface area contributed by atoms with Crippen molar-refractivity contribution in [2.75, 3.05) is 14.2 Å². The first-order valence-corrected chi connectivity index (χ1v) is 18.0. The van der Waals surface area contributed by atoms with E-state index in [1.807, 2.05) is 19.1 Å². The summed E-state index contributed by atoms with van der Waals surface area (Å²) in [6, 6.07) is 0. The fraction of sp³-hybridized carbons (Fsp3) is 0.581. The quantitative estimate of drug-likeness (QED) is 0.0163. The van der Waals surface area contributed by atoms with Gasteiger partial charge in [-0.1, -0.05) is 54.4 Å². The maximum atomic E-state index is 13.8. The van der Waals surface area contributed by atoms with Crippen LogP contribution >= 0.6 is 0 Å². The fourth-order valence-corrected chi connectivity index (χ4v) is 5.37. The number of ether oxygens (including phenoxy) is 1. The summed E-state index contributed by atoms with van der Waals surface area (Å²) in [6.07, 6.45) is 13.9. The summed E-state index contributed by atoms with van der Waals surface area (Å²) in [5.41, 5.74) is -0.458. The first kappa shape index (κ1) is 39.0. The maximum absolute atomic E-state index is 13.8. The minimum atomic E-state index is -2.27. The molecule has 0 heterocycles. The largest absolute Gasteiger partial charge is 0.461 e. The van der Waals surface area contributed by atoms with Crippen molar-refractivity contribution >= 4 is 26.2 Å². The zero-order valence-electron chi connectivity index (χ0n) is 26.6. The molecule has 1 rings (SSSR count). The van der Waals surface area contributed by atoms with E-state index < -0.39 is 55.5 Å². The van der Waals surface area contributed by atoms with Crippen LogP contribution in [-0.2, 0) is 30.2 Å². The Kier molecular flexibility index (Phi) is 17.8. The molecular formula is C31H45F5N2O5Si. The molecule has 0 aromatic heterocycles. The minimum absolute atomic E-state index is 0.0234. The highest BCUT2D eigenvalue weighted by molar-refractivity contribution is 6.69. The first-order chi connectivity index (χ1) is 20.8. The van der Waals surface area contributed by atoms with Gasteiger partial charge in [-0.15, -0.1) is 0 Å². The van der Waals surface area contributed by atoms with Crippen LogP contribution in [0.25, 0.3) is 0 Å². The molecule has 0 radical (unpaired) electrons. The molecule has 1 aromatic rings. The molecule has 1 aromatic carbocycles. The van der Waals surface area contributed by atoms with Crippen molar-refractivity contribution < 1.29 is 45.6 Å². The number of carbonyl (C=O) groups is 1. The van der Waals surface area contributed by atoms with Gasteiger partial charge in [-0.3, -0.25) is 4.79 Å². The maximum Gasteiger partial charge on any atom is 0.306 e. The molecule has 1 unspecified atom stereocenters. The number of esters is 1. The van der Waals surface area contributed by atoms with Gasteiger partial charge >= 0.3 is 5.97 Å². The van der Waals surface area contributed by atoms with E-state index >= 15 is 0 Å². The van der Waals surface area contributed by atoms with Crippen molar-refractivity contribution in [3.63, 3.8) is 0 Å². The number of hydrogen-bond acceptors (Lipinski definition) is 7. The van der Waals surface area contributed by atoms with E-state index in [1.54, 1.807) is 6.21 Å². The number of allylic oxidation sites excluding steroid dienone is 3. The van der Waals surface area contributed by atoms with Crippen LogP contribution in [0.3, 0.4) is 0 Å². The van der Waals surface area contributed by atoms with E-state index in [4.69, 9.17) is 18.8 Å². The van der Waals surface area contributed by atoms with Gasteiger partial charge in [0.25, 0.3) is 0 Å². The number of nitrogens with zero attached hydrogens (tertiary/aromatic N) is 2. The van der Waals surface area contributed by atoms with Crippen LogP contribution in [0.2, 0.25) is 19.6 Å². The van der Waals surface area contributed by atoms with Crippen LogP contribution in [-0.4, -0.2) is 46.5 Å². The summed E-state index contributed by atoms with van der Waals surface area (Å²) in [4.78, 5) is 22.0. The topological polar surface area (TPSA) is 78.7 Å². The minimum Gasteiger partial charge on any atom is -0.461 e. The lowest BCUT2D eigenvalue weighted by molar-refractivity contribution is -0.145. The Morgan fingerprint density at radius 3 is 2.11 bits per heavy atom. The molecule has 13 heteroatoms. The predicted molar refractivity (Wildman–Crippen MR) is 163 cm³/mol. The highest BCUT2D eigenvalue weighted by atomic mass is 28.4. The normalized spacial score (nSPS) is 14.9. The van der Waals surface area contributed by atoms with Crippen molar-refractivity contribution in [2.24, 2.45) is 22.1 Å². The molecule has 0 aliphatic rings. The highest BCUT2D eigenvalue weighted by Crippen LogP contribution is 2.25.